The van der Waals surface area contributed by atoms with Gasteiger partial charge in [0.15, 0.2) is 0 Å². The van der Waals surface area contributed by atoms with Crippen LogP contribution in [-0.4, -0.2) is 25.7 Å². The van der Waals surface area contributed by atoms with Gasteiger partial charge in [0.25, 0.3) is 0 Å². The van der Waals surface area contributed by atoms with Gasteiger partial charge < -0.3 is 9.90 Å². The minimum absolute atomic E-state index is 0.722. The van der Waals surface area contributed by atoms with E-state index in [-0.39, 0.29) is 0 Å². The molecule has 106 valence electrons. The molecule has 0 saturated carbocycles. The van der Waals surface area contributed by atoms with Gasteiger partial charge in [0.05, 0.1) is 5.97 Å². The first kappa shape index (κ1) is 20.3. The third kappa shape index (κ3) is 18.4. The van der Waals surface area contributed by atoms with Crippen molar-refractivity contribution in [1.82, 2.24) is 0 Å². The number of hydrogen-bond acceptors (Lipinski definition) is 2. The van der Waals surface area contributed by atoms with Crippen LogP contribution < -0.4 is 5.11 Å². The first-order valence-corrected chi connectivity index (χ1v) is 13.3. The summed E-state index contributed by atoms with van der Waals surface area (Å²) in [5, 5.41) is 9.14. The standard InChI is InChI=1S/C8H17.C3H4O2.2C2H5.Sn/c1-3-5-7-8-6-4-2;1-2-3(4)5;2*1-2;/h1,3-8H2,2H3;2H,1H2,(H,4,5);2*1H2,2H3;/q;;;;+1/p-1. The van der Waals surface area contributed by atoms with Crippen LogP contribution in [0.2, 0.25) is 13.3 Å². The van der Waals surface area contributed by atoms with E-state index >= 15 is 0 Å². The van der Waals surface area contributed by atoms with Crippen molar-refractivity contribution in [2.75, 3.05) is 0 Å². The van der Waals surface area contributed by atoms with E-state index in [1.54, 1.807) is 19.7 Å². The van der Waals surface area contributed by atoms with Gasteiger partial charge in [-0.15, -0.1) is 0 Å². The monoisotopic (exact) mass is 362 g/mol. The van der Waals surface area contributed by atoms with Crippen molar-refractivity contribution in [3.05, 3.63) is 12.7 Å². The van der Waals surface area contributed by atoms with E-state index in [0.29, 0.717) is 0 Å². The van der Waals surface area contributed by atoms with Crippen LogP contribution in [0.15, 0.2) is 12.7 Å². The van der Waals surface area contributed by atoms with Crippen molar-refractivity contribution >= 4 is 25.7 Å². The Kier molecular flexibility index (Phi) is 19.2. The van der Waals surface area contributed by atoms with E-state index in [1.807, 2.05) is 0 Å². The van der Waals surface area contributed by atoms with Crippen LogP contribution in [0.3, 0.4) is 0 Å². The molecule has 18 heavy (non-hydrogen) atoms. The summed E-state index contributed by atoms with van der Waals surface area (Å²) >= 11 is -0.774. The topological polar surface area (TPSA) is 40.1 Å². The average Bonchev–Trinajstić information content (AvgIpc) is 2.39. The molecule has 0 heterocycles. The molecule has 0 aromatic heterocycles. The first-order chi connectivity index (χ1) is 8.62. The molecule has 0 aromatic rings. The van der Waals surface area contributed by atoms with Crippen LogP contribution >= 0.6 is 0 Å². The molecule has 0 N–H and O–H groups in total. The molecule has 2 nitrogen and oxygen atoms in total. The quantitative estimate of drug-likeness (QED) is 0.337. The van der Waals surface area contributed by atoms with E-state index in [1.165, 1.54) is 32.1 Å². The fourth-order valence-electron chi connectivity index (χ4n) is 1.76. The van der Waals surface area contributed by atoms with Crippen molar-refractivity contribution in [2.45, 2.75) is 72.6 Å². The van der Waals surface area contributed by atoms with Crippen molar-refractivity contribution in [1.29, 1.82) is 0 Å². The zero-order valence-corrected chi connectivity index (χ0v) is 15.3. The van der Waals surface area contributed by atoms with Gasteiger partial charge in [-0.05, 0) is 6.08 Å². The maximum atomic E-state index is 9.14. The molecule has 0 aliphatic heterocycles. The number of rotatable bonds is 10. The first-order valence-electron chi connectivity index (χ1n) is 7.29. The van der Waals surface area contributed by atoms with Crippen LogP contribution in [0.25, 0.3) is 0 Å². The Labute approximate surface area is 121 Å². The number of carbonyl (C=O) groups is 1. The summed E-state index contributed by atoms with van der Waals surface area (Å²) in [5.74, 6) is -1.23. The number of carbonyl (C=O) groups excluding carboxylic acids is 1. The van der Waals surface area contributed by atoms with Gasteiger partial charge in [-0.2, -0.15) is 0 Å². The van der Waals surface area contributed by atoms with Gasteiger partial charge in [-0.1, -0.05) is 6.58 Å². The fraction of sp³-hybridized carbons (Fsp3) is 0.800. The SMILES string of the molecule is C=CC(=O)[O-].CCCCCCC[CH2][Sn+]([CH2]C)[CH2]C. The fourth-order valence-corrected chi connectivity index (χ4v) is 7.34. The van der Waals surface area contributed by atoms with Crippen molar-refractivity contribution in [3.8, 4) is 0 Å². The Balaban J connectivity index is 0. The number of carboxylic acids is 1. The number of unbranched alkanes of at least 4 members (excludes halogenated alkanes) is 5. The Morgan fingerprint density at radius 1 is 1.06 bits per heavy atom. The van der Waals surface area contributed by atoms with E-state index in [0.717, 1.165) is 6.08 Å². The normalized spacial score (nSPS) is 9.28. The van der Waals surface area contributed by atoms with E-state index in [9.17, 15) is 0 Å². The van der Waals surface area contributed by atoms with Gasteiger partial charge in [-0.25, -0.2) is 0 Å². The zero-order valence-electron chi connectivity index (χ0n) is 12.5. The van der Waals surface area contributed by atoms with E-state index in [2.05, 4.69) is 27.4 Å². The molecule has 0 radical (unpaired) electrons. The summed E-state index contributed by atoms with van der Waals surface area (Å²) < 4.78 is 4.82. The van der Waals surface area contributed by atoms with Gasteiger partial charge >= 0.3 is 92.4 Å². The van der Waals surface area contributed by atoms with Gasteiger partial charge in [0.2, 0.25) is 0 Å². The summed E-state index contributed by atoms with van der Waals surface area (Å²) in [5.41, 5.74) is 0. The molecule has 0 bridgehead atoms. The maximum absolute atomic E-state index is 9.14. The third-order valence-electron chi connectivity index (χ3n) is 3.05. The molecule has 0 aliphatic rings. The second-order valence-electron chi connectivity index (χ2n) is 4.50. The van der Waals surface area contributed by atoms with Gasteiger partial charge in [0.1, 0.15) is 0 Å². The molecular weight excluding hydrogens is 331 g/mol. The average molecular weight is 361 g/mol. The molecule has 0 rings (SSSR count). The van der Waals surface area contributed by atoms with Crippen molar-refractivity contribution in [2.24, 2.45) is 0 Å². The number of hydrogen-bond donors (Lipinski definition) is 0. The van der Waals surface area contributed by atoms with Crippen LogP contribution in [0.4, 0.5) is 0 Å². The van der Waals surface area contributed by atoms with Crippen LogP contribution in [0, 0.1) is 0 Å². The minimum atomic E-state index is -1.23. The Morgan fingerprint density at radius 3 is 1.89 bits per heavy atom. The Bertz CT molecular complexity index is 189. The summed E-state index contributed by atoms with van der Waals surface area (Å²) in [4.78, 5) is 9.14. The summed E-state index contributed by atoms with van der Waals surface area (Å²) in [6, 6.07) is 0. The predicted octanol–water partition coefficient (Wildman–Crippen LogP) is 3.80. The van der Waals surface area contributed by atoms with E-state index < -0.39 is 25.7 Å². The third-order valence-corrected chi connectivity index (χ3v) is 11.8. The molecule has 0 spiro atoms. The predicted molar refractivity (Wildman–Crippen MR) is 80.1 cm³/mol. The summed E-state index contributed by atoms with van der Waals surface area (Å²) in [6.07, 6.45) is 9.60. The van der Waals surface area contributed by atoms with Crippen LogP contribution in [-0.2, 0) is 4.79 Å². The molecular formula is C15H30O2Sn. The van der Waals surface area contributed by atoms with Crippen LogP contribution in [0.5, 0.6) is 0 Å². The molecule has 0 fully saturated rings. The second-order valence-corrected chi connectivity index (χ2v) is 14.2. The molecule has 0 aromatic carbocycles. The van der Waals surface area contributed by atoms with Crippen molar-refractivity contribution < 1.29 is 9.90 Å². The molecule has 0 aliphatic carbocycles. The van der Waals surface area contributed by atoms with Gasteiger partial charge in [0, 0.05) is 0 Å². The second kappa shape index (κ2) is 17.0. The summed E-state index contributed by atoms with van der Waals surface area (Å²) in [7, 11) is 0. The number of aliphatic carboxylic acids is 1. The number of carboxylic acid groups (broad SMARTS) is 1. The molecule has 0 amide bonds. The molecule has 0 atom stereocenters. The van der Waals surface area contributed by atoms with Crippen molar-refractivity contribution in [3.63, 3.8) is 0 Å². The van der Waals surface area contributed by atoms with Crippen LogP contribution in [0.1, 0.15) is 59.3 Å². The molecule has 0 unspecified atom stereocenters. The molecule has 3 heteroatoms. The Hall–Kier alpha value is 0.00870. The van der Waals surface area contributed by atoms with Gasteiger partial charge in [-0.3, -0.25) is 0 Å². The van der Waals surface area contributed by atoms with E-state index in [4.69, 9.17) is 9.90 Å². The summed E-state index contributed by atoms with van der Waals surface area (Å²) in [6.45, 7) is 10.0. The Morgan fingerprint density at radius 2 is 1.50 bits per heavy atom. The zero-order chi connectivity index (χ0) is 14.2. The molecule has 0 saturated heterocycles.